The zero-order valence-electron chi connectivity index (χ0n) is 6.73. The summed E-state index contributed by atoms with van der Waals surface area (Å²) in [6.45, 7) is 3.45. The van der Waals surface area contributed by atoms with Gasteiger partial charge in [0.2, 0.25) is 0 Å². The number of hydrogen-bond acceptors (Lipinski definition) is 4. The van der Waals surface area contributed by atoms with Crippen molar-refractivity contribution in [2.75, 3.05) is 7.11 Å². The van der Waals surface area contributed by atoms with E-state index in [1.54, 1.807) is 0 Å². The Morgan fingerprint density at radius 1 is 1.36 bits per heavy atom. The van der Waals surface area contributed by atoms with E-state index >= 15 is 0 Å². The van der Waals surface area contributed by atoms with E-state index in [1.807, 2.05) is 0 Å². The van der Waals surface area contributed by atoms with Crippen molar-refractivity contribution in [2.24, 2.45) is 0 Å². The van der Waals surface area contributed by atoms with Crippen LogP contribution < -0.4 is 29.6 Å². The van der Waals surface area contributed by atoms with Crippen LogP contribution in [0.2, 0.25) is 0 Å². The molecule has 0 amide bonds. The number of rotatable bonds is 1. The fraction of sp³-hybridized carbons (Fsp3) is 0.833. The van der Waals surface area contributed by atoms with E-state index in [-0.39, 0.29) is 29.6 Å². The summed E-state index contributed by atoms with van der Waals surface area (Å²) in [5.41, 5.74) is 0. The molecule has 1 aliphatic rings. The van der Waals surface area contributed by atoms with Gasteiger partial charge in [-0.1, -0.05) is 0 Å². The maximum Gasteiger partial charge on any atom is 1.00 e. The summed E-state index contributed by atoms with van der Waals surface area (Å²) in [4.78, 5) is 0. The van der Waals surface area contributed by atoms with Crippen LogP contribution in [-0.2, 0) is 9.47 Å². The first kappa shape index (κ1) is 11.8. The van der Waals surface area contributed by atoms with Crippen molar-refractivity contribution < 1.29 is 49.2 Å². The fourth-order valence-corrected chi connectivity index (χ4v) is 0.909. The van der Waals surface area contributed by atoms with Gasteiger partial charge in [0.15, 0.2) is 6.29 Å². The molecule has 5 heteroatoms. The molecule has 1 rings (SSSR count). The molecule has 0 aliphatic carbocycles. The third-order valence-electron chi connectivity index (χ3n) is 1.55. The standard InChI is InChI=1S/C6H11O4.Na/c1-3-4(7)5(8)6(9-2)10-3;/h3-8H,1H2,2H3;/q-1;+1. The van der Waals surface area contributed by atoms with Crippen molar-refractivity contribution >= 4 is 0 Å². The molecule has 60 valence electrons. The van der Waals surface area contributed by atoms with Crippen molar-refractivity contribution in [3.8, 4) is 0 Å². The molecule has 4 atom stereocenters. The molecule has 11 heavy (non-hydrogen) atoms. The minimum Gasteiger partial charge on any atom is -0.390 e. The molecule has 0 aromatic carbocycles. The Kier molecular flexibility index (Phi) is 5.13. The van der Waals surface area contributed by atoms with E-state index in [4.69, 9.17) is 19.7 Å². The first-order valence-electron chi connectivity index (χ1n) is 3.04. The van der Waals surface area contributed by atoms with Crippen LogP contribution in [0.15, 0.2) is 0 Å². The van der Waals surface area contributed by atoms with Crippen molar-refractivity contribution in [2.45, 2.75) is 24.6 Å². The minimum atomic E-state index is -0.979. The SMILES string of the molecule is [CH2-]C1OC(OC)C(O)C1O.[Na+]. The second-order valence-electron chi connectivity index (χ2n) is 2.26. The molecule has 1 fully saturated rings. The molecule has 0 radical (unpaired) electrons. The molecule has 0 bridgehead atoms. The number of aliphatic hydroxyl groups excluding tert-OH is 2. The van der Waals surface area contributed by atoms with Gasteiger partial charge in [-0.3, -0.25) is 0 Å². The number of ether oxygens (including phenoxy) is 2. The molecule has 1 aliphatic heterocycles. The van der Waals surface area contributed by atoms with Gasteiger partial charge in [-0.05, 0) is 6.10 Å². The third-order valence-corrected chi connectivity index (χ3v) is 1.55. The van der Waals surface area contributed by atoms with Gasteiger partial charge in [0.25, 0.3) is 0 Å². The van der Waals surface area contributed by atoms with Gasteiger partial charge in [0.05, 0.1) is 6.10 Å². The van der Waals surface area contributed by atoms with Gasteiger partial charge in [-0.15, -0.1) is 0 Å². The quantitative estimate of drug-likeness (QED) is 0.310. The van der Waals surface area contributed by atoms with Crippen molar-refractivity contribution in [1.82, 2.24) is 0 Å². The Morgan fingerprint density at radius 2 is 1.91 bits per heavy atom. The normalized spacial score (nSPS) is 43.6. The molecule has 0 aromatic heterocycles. The summed E-state index contributed by atoms with van der Waals surface area (Å²) in [7, 11) is 1.40. The summed E-state index contributed by atoms with van der Waals surface area (Å²) in [6.07, 6.45) is -3.25. The van der Waals surface area contributed by atoms with E-state index in [1.165, 1.54) is 7.11 Å². The van der Waals surface area contributed by atoms with Gasteiger partial charge < -0.3 is 26.6 Å². The second kappa shape index (κ2) is 4.77. The number of aliphatic hydroxyl groups is 2. The van der Waals surface area contributed by atoms with Crippen LogP contribution in [0.5, 0.6) is 0 Å². The first-order chi connectivity index (χ1) is 4.66. The summed E-state index contributed by atoms with van der Waals surface area (Å²) < 4.78 is 9.59. The summed E-state index contributed by atoms with van der Waals surface area (Å²) in [5, 5.41) is 18.1. The van der Waals surface area contributed by atoms with Crippen LogP contribution in [-0.4, -0.2) is 41.9 Å². The van der Waals surface area contributed by atoms with Gasteiger partial charge >= 0.3 is 29.6 Å². The molecular formula is C6H11NaO4. The van der Waals surface area contributed by atoms with Crippen LogP contribution >= 0.6 is 0 Å². The topological polar surface area (TPSA) is 58.9 Å². The zero-order chi connectivity index (χ0) is 7.72. The van der Waals surface area contributed by atoms with E-state index < -0.39 is 24.6 Å². The van der Waals surface area contributed by atoms with E-state index in [0.29, 0.717) is 0 Å². The summed E-state index contributed by atoms with van der Waals surface area (Å²) in [5.74, 6) is 0. The average Bonchev–Trinajstić information content (AvgIpc) is 2.17. The van der Waals surface area contributed by atoms with Crippen LogP contribution in [0.3, 0.4) is 0 Å². The maximum absolute atomic E-state index is 9.09. The Labute approximate surface area is 87.8 Å². The monoisotopic (exact) mass is 170 g/mol. The molecule has 4 nitrogen and oxygen atoms in total. The molecule has 0 spiro atoms. The maximum atomic E-state index is 9.09. The summed E-state index contributed by atoms with van der Waals surface area (Å²) >= 11 is 0. The van der Waals surface area contributed by atoms with Crippen LogP contribution in [0.4, 0.5) is 0 Å². The van der Waals surface area contributed by atoms with Crippen molar-refractivity contribution in [1.29, 1.82) is 0 Å². The Hall–Kier alpha value is 0.840. The molecular weight excluding hydrogens is 159 g/mol. The molecule has 0 aromatic rings. The van der Waals surface area contributed by atoms with Gasteiger partial charge in [0.1, 0.15) is 6.10 Å². The third kappa shape index (κ3) is 2.39. The van der Waals surface area contributed by atoms with E-state index in [9.17, 15) is 0 Å². The van der Waals surface area contributed by atoms with Crippen LogP contribution in [0, 0.1) is 6.92 Å². The predicted molar refractivity (Wildman–Crippen MR) is 33.0 cm³/mol. The first-order valence-corrected chi connectivity index (χ1v) is 3.04. The van der Waals surface area contributed by atoms with Gasteiger partial charge in [-0.2, -0.15) is 0 Å². The molecule has 0 saturated carbocycles. The smallest absolute Gasteiger partial charge is 0.390 e. The zero-order valence-corrected chi connectivity index (χ0v) is 8.73. The van der Waals surface area contributed by atoms with Gasteiger partial charge in [0, 0.05) is 7.11 Å². The predicted octanol–water partition coefficient (Wildman–Crippen LogP) is -4.08. The van der Waals surface area contributed by atoms with E-state index in [0.717, 1.165) is 0 Å². The molecule has 1 heterocycles. The second-order valence-corrected chi connectivity index (χ2v) is 2.26. The van der Waals surface area contributed by atoms with Crippen molar-refractivity contribution in [3.05, 3.63) is 6.92 Å². The molecule has 4 unspecified atom stereocenters. The van der Waals surface area contributed by atoms with Gasteiger partial charge in [-0.25, -0.2) is 0 Å². The fourth-order valence-electron chi connectivity index (χ4n) is 0.909. The average molecular weight is 170 g/mol. The Balaban J connectivity index is 0.000001000. The minimum absolute atomic E-state index is 0. The molecule has 1 saturated heterocycles. The molecule has 2 N–H and O–H groups in total. The largest absolute Gasteiger partial charge is 1.00 e. The van der Waals surface area contributed by atoms with E-state index in [2.05, 4.69) is 6.92 Å². The van der Waals surface area contributed by atoms with Crippen LogP contribution in [0.25, 0.3) is 0 Å². The van der Waals surface area contributed by atoms with Crippen LogP contribution in [0.1, 0.15) is 0 Å². The number of hydrogen-bond donors (Lipinski definition) is 2. The Bertz CT molecular complexity index is 121. The van der Waals surface area contributed by atoms with Crippen molar-refractivity contribution in [3.63, 3.8) is 0 Å². The number of methoxy groups -OCH3 is 1. The summed E-state index contributed by atoms with van der Waals surface area (Å²) in [6, 6.07) is 0. The Morgan fingerprint density at radius 3 is 2.09 bits per heavy atom.